The molecule has 0 bridgehead atoms. The molecule has 9 heteroatoms. The van der Waals surface area contributed by atoms with E-state index in [9.17, 15) is 4.79 Å². The summed E-state index contributed by atoms with van der Waals surface area (Å²) in [6.07, 6.45) is 0. The molecule has 0 radical (unpaired) electrons. The lowest BCUT2D eigenvalue weighted by Gasteiger charge is -2.24. The number of hydrogen-bond donors (Lipinski definition) is 1. The Morgan fingerprint density at radius 1 is 1.14 bits per heavy atom. The average Bonchev–Trinajstić information content (AvgIpc) is 3.10. The van der Waals surface area contributed by atoms with Gasteiger partial charge in [0, 0.05) is 15.8 Å². The third-order valence-electron chi connectivity index (χ3n) is 3.67. The quantitative estimate of drug-likeness (QED) is 0.354. The van der Waals surface area contributed by atoms with Crippen LogP contribution in [0, 0.1) is 0 Å². The Bertz CT molecular complexity index is 962. The van der Waals surface area contributed by atoms with Gasteiger partial charge in [0.1, 0.15) is 5.75 Å². The van der Waals surface area contributed by atoms with Crippen molar-refractivity contribution < 1.29 is 9.53 Å². The second kappa shape index (κ2) is 9.13. The second-order valence-corrected chi connectivity index (χ2v) is 9.32. The van der Waals surface area contributed by atoms with Gasteiger partial charge in [-0.15, -0.1) is 10.2 Å². The van der Waals surface area contributed by atoms with Gasteiger partial charge >= 0.3 is 0 Å². The minimum absolute atomic E-state index is 0.318. The lowest BCUT2D eigenvalue weighted by molar-refractivity contribution is -0.128. The fourth-order valence-electron chi connectivity index (χ4n) is 2.16. The second-order valence-electron chi connectivity index (χ2n) is 6.27. The Labute approximate surface area is 181 Å². The third-order valence-corrected chi connectivity index (χ3v) is 6.31. The molecule has 0 spiro atoms. The van der Waals surface area contributed by atoms with Crippen molar-refractivity contribution in [3.05, 3.63) is 64.1 Å². The number of ether oxygens (including phenoxy) is 1. The largest absolute Gasteiger partial charge is 0.478 e. The average molecular weight is 454 g/mol. The fraction of sp³-hybridized carbons (Fsp3) is 0.211. The summed E-state index contributed by atoms with van der Waals surface area (Å²) in [4.78, 5) is 12.6. The van der Waals surface area contributed by atoms with E-state index >= 15 is 0 Å². The number of carbonyl (C=O) groups excluding carboxylic acids is 1. The van der Waals surface area contributed by atoms with Crippen molar-refractivity contribution in [3.8, 4) is 5.75 Å². The Morgan fingerprint density at radius 3 is 2.57 bits per heavy atom. The van der Waals surface area contributed by atoms with Crippen LogP contribution in [0.4, 0.5) is 5.13 Å². The number of carbonyl (C=O) groups is 1. The molecule has 0 saturated carbocycles. The summed E-state index contributed by atoms with van der Waals surface area (Å²) in [5, 5.41) is 12.6. The number of anilines is 1. The first kappa shape index (κ1) is 20.9. The van der Waals surface area contributed by atoms with Crippen LogP contribution in [0.2, 0.25) is 10.0 Å². The Kier molecular flexibility index (Phi) is 6.82. The molecular formula is C19H17Cl2N3O2S2. The summed E-state index contributed by atoms with van der Waals surface area (Å²) in [6.45, 7) is 3.37. The summed E-state index contributed by atoms with van der Waals surface area (Å²) in [5.74, 6) is 0.909. The van der Waals surface area contributed by atoms with E-state index in [1.807, 2.05) is 24.3 Å². The molecule has 0 aliphatic carbocycles. The first-order valence-corrected chi connectivity index (χ1v) is 10.8. The van der Waals surface area contributed by atoms with Crippen molar-refractivity contribution in [3.63, 3.8) is 0 Å². The first-order valence-electron chi connectivity index (χ1n) is 8.29. The highest BCUT2D eigenvalue weighted by Crippen LogP contribution is 2.31. The molecule has 2 aromatic carbocycles. The van der Waals surface area contributed by atoms with Crippen molar-refractivity contribution in [1.29, 1.82) is 0 Å². The van der Waals surface area contributed by atoms with Gasteiger partial charge in [-0.25, -0.2) is 0 Å². The molecule has 1 aromatic heterocycles. The predicted octanol–water partition coefficient (Wildman–Crippen LogP) is 5.93. The van der Waals surface area contributed by atoms with Gasteiger partial charge in [-0.05, 0) is 49.7 Å². The summed E-state index contributed by atoms with van der Waals surface area (Å²) in [6, 6.07) is 14.5. The molecule has 0 unspecified atom stereocenters. The zero-order valence-corrected chi connectivity index (χ0v) is 18.3. The van der Waals surface area contributed by atoms with Crippen molar-refractivity contribution in [2.75, 3.05) is 5.32 Å². The maximum atomic E-state index is 12.6. The van der Waals surface area contributed by atoms with Crippen LogP contribution in [0.25, 0.3) is 0 Å². The molecule has 3 aromatic rings. The van der Waals surface area contributed by atoms with Crippen molar-refractivity contribution in [1.82, 2.24) is 10.2 Å². The molecule has 0 aliphatic heterocycles. The minimum atomic E-state index is -1.09. The SMILES string of the molecule is CC(C)(Oc1ccc(Cl)cc1)C(=O)Nc1nnc(SCc2ccccc2Cl)s1. The van der Waals surface area contributed by atoms with E-state index in [0.717, 1.165) is 9.90 Å². The predicted molar refractivity (Wildman–Crippen MR) is 116 cm³/mol. The smallest absolute Gasteiger partial charge is 0.269 e. The zero-order valence-electron chi connectivity index (χ0n) is 15.1. The number of rotatable bonds is 7. The minimum Gasteiger partial charge on any atom is -0.478 e. The van der Waals surface area contributed by atoms with Gasteiger partial charge in [-0.3, -0.25) is 10.1 Å². The number of aromatic nitrogens is 2. The molecule has 1 amide bonds. The van der Waals surface area contributed by atoms with Crippen LogP contribution in [0.1, 0.15) is 19.4 Å². The number of halogens is 2. The van der Waals surface area contributed by atoms with Gasteiger partial charge in [0.2, 0.25) is 5.13 Å². The van der Waals surface area contributed by atoms with Crippen LogP contribution in [0.5, 0.6) is 5.75 Å². The molecule has 5 nitrogen and oxygen atoms in total. The highest BCUT2D eigenvalue weighted by atomic mass is 35.5. The van der Waals surface area contributed by atoms with Gasteiger partial charge in [-0.1, -0.05) is 64.5 Å². The van der Waals surface area contributed by atoms with Gasteiger partial charge in [-0.2, -0.15) is 0 Å². The van der Waals surface area contributed by atoms with Gasteiger partial charge in [0.15, 0.2) is 9.94 Å². The zero-order chi connectivity index (χ0) is 20.1. The van der Waals surface area contributed by atoms with E-state index in [2.05, 4.69) is 15.5 Å². The monoisotopic (exact) mass is 453 g/mol. The topological polar surface area (TPSA) is 64.1 Å². The molecule has 0 saturated heterocycles. The van der Waals surface area contributed by atoms with Gasteiger partial charge < -0.3 is 4.74 Å². The number of amides is 1. The summed E-state index contributed by atoms with van der Waals surface area (Å²) in [7, 11) is 0. The van der Waals surface area contributed by atoms with Crippen LogP contribution >= 0.6 is 46.3 Å². The molecule has 3 rings (SSSR count). The van der Waals surface area contributed by atoms with Crippen molar-refractivity contribution in [2.45, 2.75) is 29.5 Å². The van der Waals surface area contributed by atoms with Crippen LogP contribution in [-0.2, 0) is 10.5 Å². The fourth-order valence-corrected chi connectivity index (χ4v) is 4.32. The molecule has 1 heterocycles. The maximum Gasteiger partial charge on any atom is 0.269 e. The van der Waals surface area contributed by atoms with E-state index in [-0.39, 0.29) is 5.91 Å². The first-order chi connectivity index (χ1) is 13.3. The lowest BCUT2D eigenvalue weighted by Crippen LogP contribution is -2.42. The van der Waals surface area contributed by atoms with Gasteiger partial charge in [0.05, 0.1) is 0 Å². The van der Waals surface area contributed by atoms with Crippen LogP contribution in [0.3, 0.4) is 0 Å². The van der Waals surface area contributed by atoms with Crippen LogP contribution in [-0.4, -0.2) is 21.7 Å². The molecule has 28 heavy (non-hydrogen) atoms. The molecule has 0 fully saturated rings. The summed E-state index contributed by atoms with van der Waals surface area (Å²) in [5.41, 5.74) is -0.0721. The van der Waals surface area contributed by atoms with E-state index in [1.165, 1.54) is 23.1 Å². The summed E-state index contributed by atoms with van der Waals surface area (Å²) >= 11 is 14.9. The van der Waals surface area contributed by atoms with Crippen molar-refractivity contribution in [2.24, 2.45) is 0 Å². The normalized spacial score (nSPS) is 11.3. The van der Waals surface area contributed by atoms with Crippen LogP contribution in [0.15, 0.2) is 52.9 Å². The molecule has 146 valence electrons. The molecule has 0 aliphatic rings. The summed E-state index contributed by atoms with van der Waals surface area (Å²) < 4.78 is 6.52. The highest BCUT2D eigenvalue weighted by molar-refractivity contribution is 8.00. The Hall–Kier alpha value is -1.80. The number of nitrogens with one attached hydrogen (secondary N) is 1. The molecular weight excluding hydrogens is 437 g/mol. The number of hydrogen-bond acceptors (Lipinski definition) is 6. The van der Waals surface area contributed by atoms with E-state index in [1.54, 1.807) is 38.1 Å². The van der Waals surface area contributed by atoms with E-state index < -0.39 is 5.60 Å². The highest BCUT2D eigenvalue weighted by Gasteiger charge is 2.31. The van der Waals surface area contributed by atoms with Gasteiger partial charge in [0.25, 0.3) is 5.91 Å². The number of nitrogens with zero attached hydrogens (tertiary/aromatic N) is 2. The van der Waals surface area contributed by atoms with Crippen molar-refractivity contribution >= 4 is 57.3 Å². The number of thioether (sulfide) groups is 1. The standard InChI is InChI=1S/C19H17Cl2N3O2S2/c1-19(2,26-14-9-7-13(20)8-10-14)16(25)22-17-23-24-18(28-17)27-11-12-5-3-4-6-15(12)21/h3-10H,11H2,1-2H3,(H,22,23,25). The van der Waals surface area contributed by atoms with Crippen LogP contribution < -0.4 is 10.1 Å². The third kappa shape index (κ3) is 5.61. The maximum absolute atomic E-state index is 12.6. The Morgan fingerprint density at radius 2 is 1.86 bits per heavy atom. The Balaban J connectivity index is 1.58. The number of benzene rings is 2. The van der Waals surface area contributed by atoms with E-state index in [0.29, 0.717) is 26.7 Å². The molecule has 1 N–H and O–H groups in total. The molecule has 0 atom stereocenters. The van der Waals surface area contributed by atoms with E-state index in [4.69, 9.17) is 27.9 Å². The lowest BCUT2D eigenvalue weighted by atomic mass is 10.1.